The predicted molar refractivity (Wildman–Crippen MR) is 74.7 cm³/mol. The number of likely N-dealkylation sites (N-methyl/N-ethyl adjacent to an activating group) is 1. The topological polar surface area (TPSA) is 47.6 Å². The quantitative estimate of drug-likeness (QED) is 0.659. The van der Waals surface area contributed by atoms with Gasteiger partial charge in [-0.05, 0) is 20.0 Å². The molecule has 1 unspecified atom stereocenters. The normalized spacial score (nSPS) is 18.9. The van der Waals surface area contributed by atoms with E-state index >= 15 is 0 Å². The van der Waals surface area contributed by atoms with E-state index in [1.165, 1.54) is 0 Å². The first kappa shape index (κ1) is 15.4. The summed E-state index contributed by atoms with van der Waals surface area (Å²) in [7, 11) is 0. The Morgan fingerprint density at radius 2 is 1.94 bits per heavy atom. The van der Waals surface area contributed by atoms with E-state index in [-0.39, 0.29) is 11.9 Å². The molecule has 1 amide bonds. The lowest BCUT2D eigenvalue weighted by Crippen LogP contribution is -2.50. The molecule has 1 aliphatic heterocycles. The first-order valence-electron chi connectivity index (χ1n) is 7.10. The fraction of sp³-hybridized carbons (Fsp3) is 0.923. The Morgan fingerprint density at radius 1 is 1.33 bits per heavy atom. The lowest BCUT2D eigenvalue weighted by atomic mass is 10.3. The fourth-order valence-electron chi connectivity index (χ4n) is 2.31. The molecule has 1 heterocycles. The predicted octanol–water partition coefficient (Wildman–Crippen LogP) is -0.262. The Labute approximate surface area is 111 Å². The van der Waals surface area contributed by atoms with Gasteiger partial charge in [0.05, 0.1) is 6.54 Å². The molecule has 0 aromatic rings. The van der Waals surface area contributed by atoms with Gasteiger partial charge in [-0.15, -0.1) is 0 Å². The van der Waals surface area contributed by atoms with E-state index in [4.69, 9.17) is 0 Å². The van der Waals surface area contributed by atoms with Crippen LogP contribution in [0.3, 0.4) is 0 Å². The molecule has 2 N–H and O–H groups in total. The second kappa shape index (κ2) is 8.45. The summed E-state index contributed by atoms with van der Waals surface area (Å²) in [6.07, 6.45) is 0. The van der Waals surface area contributed by atoms with Crippen LogP contribution in [-0.2, 0) is 4.79 Å². The third-order valence-electron chi connectivity index (χ3n) is 3.41. The molecule has 5 nitrogen and oxygen atoms in total. The lowest BCUT2D eigenvalue weighted by molar-refractivity contribution is -0.123. The number of piperazine rings is 1. The van der Waals surface area contributed by atoms with E-state index in [0.717, 1.165) is 45.8 Å². The maximum absolute atomic E-state index is 11.9. The van der Waals surface area contributed by atoms with Gasteiger partial charge in [-0.1, -0.05) is 13.8 Å². The van der Waals surface area contributed by atoms with E-state index in [1.807, 2.05) is 0 Å². The number of nitrogens with one attached hydrogen (secondary N) is 2. The molecule has 0 aromatic carbocycles. The summed E-state index contributed by atoms with van der Waals surface area (Å²) in [4.78, 5) is 16.4. The summed E-state index contributed by atoms with van der Waals surface area (Å²) in [5, 5.41) is 6.37. The zero-order chi connectivity index (χ0) is 13.4. The van der Waals surface area contributed by atoms with Gasteiger partial charge in [-0.25, -0.2) is 0 Å². The first-order chi connectivity index (χ1) is 8.65. The molecule has 18 heavy (non-hydrogen) atoms. The molecule has 0 saturated carbocycles. The third-order valence-corrected chi connectivity index (χ3v) is 3.41. The van der Waals surface area contributed by atoms with Gasteiger partial charge in [0.2, 0.25) is 5.91 Å². The Hall–Kier alpha value is -0.650. The summed E-state index contributed by atoms with van der Waals surface area (Å²) in [5.41, 5.74) is 0. The molecule has 0 radical (unpaired) electrons. The van der Waals surface area contributed by atoms with Gasteiger partial charge >= 0.3 is 0 Å². The number of hydrogen-bond donors (Lipinski definition) is 2. The summed E-state index contributed by atoms with van der Waals surface area (Å²) in [6, 6.07) is 0.223. The fourth-order valence-corrected chi connectivity index (χ4v) is 2.31. The molecule has 0 aliphatic carbocycles. The second-order valence-electron chi connectivity index (χ2n) is 4.98. The van der Waals surface area contributed by atoms with Crippen molar-refractivity contribution in [3.05, 3.63) is 0 Å². The van der Waals surface area contributed by atoms with Gasteiger partial charge < -0.3 is 15.5 Å². The van der Waals surface area contributed by atoms with Crippen LogP contribution in [0.2, 0.25) is 0 Å². The van der Waals surface area contributed by atoms with Crippen LogP contribution in [-0.4, -0.2) is 74.1 Å². The summed E-state index contributed by atoms with van der Waals surface area (Å²) in [5.74, 6) is 0.150. The monoisotopic (exact) mass is 256 g/mol. The van der Waals surface area contributed by atoms with E-state index in [9.17, 15) is 4.79 Å². The molecule has 1 aliphatic rings. The van der Waals surface area contributed by atoms with Crippen molar-refractivity contribution in [1.29, 1.82) is 0 Å². The summed E-state index contributed by atoms with van der Waals surface area (Å²) < 4.78 is 0. The highest BCUT2D eigenvalue weighted by Crippen LogP contribution is 1.94. The summed E-state index contributed by atoms with van der Waals surface area (Å²) in [6.45, 7) is 13.8. The Bertz CT molecular complexity index is 237. The van der Waals surface area contributed by atoms with Crippen molar-refractivity contribution < 1.29 is 4.79 Å². The number of carbonyl (C=O) groups excluding carboxylic acids is 1. The van der Waals surface area contributed by atoms with Gasteiger partial charge in [-0.3, -0.25) is 9.69 Å². The maximum Gasteiger partial charge on any atom is 0.234 e. The smallest absolute Gasteiger partial charge is 0.234 e. The van der Waals surface area contributed by atoms with Gasteiger partial charge in [0, 0.05) is 38.8 Å². The minimum absolute atomic E-state index is 0.150. The van der Waals surface area contributed by atoms with Crippen LogP contribution >= 0.6 is 0 Å². The van der Waals surface area contributed by atoms with Gasteiger partial charge in [-0.2, -0.15) is 0 Å². The van der Waals surface area contributed by atoms with Gasteiger partial charge in [0.15, 0.2) is 0 Å². The average Bonchev–Trinajstić information content (AvgIpc) is 2.36. The lowest BCUT2D eigenvalue weighted by Gasteiger charge is -2.28. The highest BCUT2D eigenvalue weighted by molar-refractivity contribution is 5.78. The SMILES string of the molecule is CCN(CC)CC(C)NC(=O)CN1CCNCC1. The summed E-state index contributed by atoms with van der Waals surface area (Å²) >= 11 is 0. The van der Waals surface area contributed by atoms with Crippen LogP contribution in [0.4, 0.5) is 0 Å². The first-order valence-corrected chi connectivity index (χ1v) is 7.10. The standard InChI is InChI=1S/C13H28N4O/c1-4-16(5-2)10-12(3)15-13(18)11-17-8-6-14-7-9-17/h12,14H,4-11H2,1-3H3,(H,15,18). The number of hydrogen-bond acceptors (Lipinski definition) is 4. The zero-order valence-corrected chi connectivity index (χ0v) is 12.0. The van der Waals surface area contributed by atoms with E-state index in [1.54, 1.807) is 0 Å². The number of amides is 1. The van der Waals surface area contributed by atoms with E-state index < -0.39 is 0 Å². The molecule has 106 valence electrons. The van der Waals surface area contributed by atoms with Crippen molar-refractivity contribution in [2.24, 2.45) is 0 Å². The van der Waals surface area contributed by atoms with Crippen LogP contribution in [0.5, 0.6) is 0 Å². The van der Waals surface area contributed by atoms with E-state index in [2.05, 4.69) is 41.2 Å². The largest absolute Gasteiger partial charge is 0.351 e. The average molecular weight is 256 g/mol. The number of rotatable bonds is 7. The van der Waals surface area contributed by atoms with Crippen molar-refractivity contribution in [3.63, 3.8) is 0 Å². The molecule has 0 spiro atoms. The molecule has 5 heteroatoms. The number of nitrogens with zero attached hydrogens (tertiary/aromatic N) is 2. The van der Waals surface area contributed by atoms with Gasteiger partial charge in [0.1, 0.15) is 0 Å². The van der Waals surface area contributed by atoms with E-state index in [0.29, 0.717) is 6.54 Å². The molecule has 0 aromatic heterocycles. The molecular weight excluding hydrogens is 228 g/mol. The van der Waals surface area contributed by atoms with Crippen LogP contribution in [0.25, 0.3) is 0 Å². The molecule has 0 bridgehead atoms. The molecule has 1 fully saturated rings. The Balaban J connectivity index is 2.21. The van der Waals surface area contributed by atoms with Crippen LogP contribution < -0.4 is 10.6 Å². The van der Waals surface area contributed by atoms with Crippen molar-refractivity contribution in [3.8, 4) is 0 Å². The van der Waals surface area contributed by atoms with Crippen molar-refractivity contribution in [2.75, 3.05) is 52.4 Å². The third kappa shape index (κ3) is 5.80. The van der Waals surface area contributed by atoms with Gasteiger partial charge in [0.25, 0.3) is 0 Å². The highest BCUT2D eigenvalue weighted by Gasteiger charge is 2.15. The Morgan fingerprint density at radius 3 is 2.50 bits per heavy atom. The van der Waals surface area contributed by atoms with Crippen molar-refractivity contribution in [1.82, 2.24) is 20.4 Å². The van der Waals surface area contributed by atoms with Crippen LogP contribution in [0, 0.1) is 0 Å². The molecule has 1 rings (SSSR count). The van der Waals surface area contributed by atoms with Crippen molar-refractivity contribution in [2.45, 2.75) is 26.8 Å². The number of carbonyl (C=O) groups is 1. The molecule has 1 atom stereocenters. The Kier molecular flexibility index (Phi) is 7.23. The highest BCUT2D eigenvalue weighted by atomic mass is 16.2. The van der Waals surface area contributed by atoms with Crippen molar-refractivity contribution >= 4 is 5.91 Å². The minimum atomic E-state index is 0.150. The second-order valence-corrected chi connectivity index (χ2v) is 4.98. The van der Waals surface area contributed by atoms with Crippen LogP contribution in [0.15, 0.2) is 0 Å². The molecule has 1 saturated heterocycles. The zero-order valence-electron chi connectivity index (χ0n) is 12.0. The maximum atomic E-state index is 11.9. The van der Waals surface area contributed by atoms with Crippen LogP contribution in [0.1, 0.15) is 20.8 Å². The molecular formula is C13H28N4O. The minimum Gasteiger partial charge on any atom is -0.351 e.